The molecule has 1 unspecified atom stereocenters. The summed E-state index contributed by atoms with van der Waals surface area (Å²) < 4.78 is 55.4. The predicted molar refractivity (Wildman–Crippen MR) is 72.2 cm³/mol. The maximum atomic E-state index is 12.0. The minimum Gasteiger partial charge on any atom is -0.389 e. The van der Waals surface area contributed by atoms with Gasteiger partial charge in [0, 0.05) is 19.2 Å². The molecular weight excluding hydrogens is 306 g/mol. The lowest BCUT2D eigenvalue weighted by atomic mass is 10.2. The molecule has 1 fully saturated rings. The van der Waals surface area contributed by atoms with Gasteiger partial charge in [-0.1, -0.05) is 6.07 Å². The summed E-state index contributed by atoms with van der Waals surface area (Å²) >= 11 is -1.72. The van der Waals surface area contributed by atoms with E-state index in [4.69, 9.17) is 13.5 Å². The molecule has 9 heteroatoms. The van der Waals surface area contributed by atoms with Gasteiger partial charge in [0.1, 0.15) is 10.6 Å². The van der Waals surface area contributed by atoms with Crippen LogP contribution in [0, 0.1) is 6.92 Å². The molecule has 2 rings (SSSR count). The van der Waals surface area contributed by atoms with E-state index in [0.29, 0.717) is 31.9 Å². The van der Waals surface area contributed by atoms with Crippen molar-refractivity contribution in [1.82, 2.24) is 4.31 Å². The molecular formula is C11H15NO6S2. The molecule has 1 aliphatic rings. The second-order valence-electron chi connectivity index (χ2n) is 4.24. The second kappa shape index (κ2) is 6.19. The molecule has 0 aromatic heterocycles. The van der Waals surface area contributed by atoms with Crippen molar-refractivity contribution >= 4 is 21.4 Å². The van der Waals surface area contributed by atoms with Gasteiger partial charge in [-0.25, -0.2) is 0 Å². The normalized spacial score (nSPS) is 18.7. The molecule has 1 atom stereocenters. The smallest absolute Gasteiger partial charge is 0.294 e. The number of morpholine rings is 1. The molecule has 20 heavy (non-hydrogen) atoms. The van der Waals surface area contributed by atoms with Gasteiger partial charge in [0.25, 0.3) is 21.4 Å². The van der Waals surface area contributed by atoms with Crippen LogP contribution in [0.2, 0.25) is 0 Å². The highest BCUT2D eigenvalue weighted by Gasteiger charge is 2.20. The van der Waals surface area contributed by atoms with Crippen LogP contribution in [0.25, 0.3) is 0 Å². The van der Waals surface area contributed by atoms with Crippen molar-refractivity contribution in [3.05, 3.63) is 23.8 Å². The molecule has 0 amide bonds. The van der Waals surface area contributed by atoms with E-state index in [1.165, 1.54) is 12.1 Å². The van der Waals surface area contributed by atoms with Crippen molar-refractivity contribution in [2.45, 2.75) is 11.8 Å². The first kappa shape index (κ1) is 15.4. The summed E-state index contributed by atoms with van der Waals surface area (Å²) in [6, 6.07) is 4.14. The molecule has 1 aliphatic heterocycles. The highest BCUT2D eigenvalue weighted by molar-refractivity contribution is 7.85. The topological polar surface area (TPSA) is 93.1 Å². The van der Waals surface area contributed by atoms with Crippen LogP contribution in [0.1, 0.15) is 5.56 Å². The van der Waals surface area contributed by atoms with Gasteiger partial charge >= 0.3 is 0 Å². The van der Waals surface area contributed by atoms with Gasteiger partial charge in [-0.15, -0.1) is 0 Å². The molecule has 1 saturated heterocycles. The van der Waals surface area contributed by atoms with Crippen molar-refractivity contribution in [3.63, 3.8) is 0 Å². The van der Waals surface area contributed by atoms with Crippen molar-refractivity contribution in [3.8, 4) is 5.75 Å². The van der Waals surface area contributed by atoms with Crippen LogP contribution in [0.5, 0.6) is 5.75 Å². The van der Waals surface area contributed by atoms with Crippen LogP contribution in [0.15, 0.2) is 23.1 Å². The maximum absolute atomic E-state index is 12.0. The summed E-state index contributed by atoms with van der Waals surface area (Å²) in [7, 11) is -4.33. The number of hydrogen-bond acceptors (Lipinski definition) is 5. The van der Waals surface area contributed by atoms with Gasteiger partial charge < -0.3 is 8.92 Å². The van der Waals surface area contributed by atoms with Gasteiger partial charge in [0.15, 0.2) is 0 Å². The van der Waals surface area contributed by atoms with Gasteiger partial charge in [0.2, 0.25) is 0 Å². The number of aryl methyl sites for hydroxylation is 1. The molecule has 7 nitrogen and oxygen atoms in total. The van der Waals surface area contributed by atoms with Crippen molar-refractivity contribution in [2.75, 3.05) is 26.3 Å². The van der Waals surface area contributed by atoms with Crippen LogP contribution in [-0.2, 0) is 26.1 Å². The number of rotatable bonds is 4. The first-order valence-corrected chi connectivity index (χ1v) is 8.36. The SMILES string of the molecule is Cc1ccc(OS(=O)N2CCOCC2)cc1S(=O)(=O)O. The zero-order chi connectivity index (χ0) is 14.8. The lowest BCUT2D eigenvalue weighted by Crippen LogP contribution is -2.39. The Morgan fingerprint density at radius 1 is 1.35 bits per heavy atom. The standard InChI is InChI=1S/C11H15NO6S2/c1-9-2-3-10(8-11(9)20(14,15)16)18-19(13)12-4-6-17-7-5-12/h2-3,8H,4-7H2,1H3,(H,14,15,16). The third kappa shape index (κ3) is 3.76. The number of ether oxygens (including phenoxy) is 1. The largest absolute Gasteiger partial charge is 0.389 e. The first-order chi connectivity index (χ1) is 9.38. The predicted octanol–water partition coefficient (Wildman–Crippen LogP) is 0.531. The maximum Gasteiger partial charge on any atom is 0.294 e. The van der Waals surface area contributed by atoms with Crippen LogP contribution < -0.4 is 4.18 Å². The molecule has 0 radical (unpaired) electrons. The van der Waals surface area contributed by atoms with Gasteiger partial charge in [0.05, 0.1) is 13.2 Å². The fourth-order valence-electron chi connectivity index (χ4n) is 1.74. The monoisotopic (exact) mass is 321 g/mol. The Morgan fingerprint density at radius 2 is 2.00 bits per heavy atom. The van der Waals surface area contributed by atoms with E-state index in [0.717, 1.165) is 6.07 Å². The van der Waals surface area contributed by atoms with Gasteiger partial charge in [-0.2, -0.15) is 16.9 Å². The summed E-state index contributed by atoms with van der Waals surface area (Å²) in [4.78, 5) is -0.256. The Hall–Kier alpha value is -1.00. The zero-order valence-electron chi connectivity index (χ0n) is 10.8. The Labute approximate surface area is 120 Å². The third-order valence-electron chi connectivity index (χ3n) is 2.79. The number of benzene rings is 1. The summed E-state index contributed by atoms with van der Waals surface area (Å²) in [5.74, 6) is 0.119. The molecule has 1 aromatic carbocycles. The quantitative estimate of drug-likeness (QED) is 0.813. The molecule has 1 heterocycles. The van der Waals surface area contributed by atoms with Gasteiger partial charge in [-0.05, 0) is 18.6 Å². The van der Waals surface area contributed by atoms with E-state index in [1.54, 1.807) is 11.2 Å². The average molecular weight is 321 g/mol. The molecule has 0 bridgehead atoms. The van der Waals surface area contributed by atoms with E-state index in [-0.39, 0.29) is 10.6 Å². The number of hydrogen-bond donors (Lipinski definition) is 1. The number of nitrogens with zero attached hydrogens (tertiary/aromatic N) is 1. The Morgan fingerprint density at radius 3 is 2.60 bits per heavy atom. The molecule has 0 saturated carbocycles. The molecule has 112 valence electrons. The molecule has 0 spiro atoms. The van der Waals surface area contributed by atoms with Gasteiger partial charge in [-0.3, -0.25) is 4.55 Å². The summed E-state index contributed by atoms with van der Waals surface area (Å²) in [5.41, 5.74) is 0.386. The highest BCUT2D eigenvalue weighted by atomic mass is 32.2. The second-order valence-corrected chi connectivity index (χ2v) is 6.75. The lowest BCUT2D eigenvalue weighted by molar-refractivity contribution is 0.0728. The van der Waals surface area contributed by atoms with Crippen molar-refractivity contribution in [1.29, 1.82) is 0 Å². The Balaban J connectivity index is 2.15. The van der Waals surface area contributed by atoms with E-state index < -0.39 is 21.4 Å². The summed E-state index contributed by atoms with van der Waals surface area (Å²) in [6.07, 6.45) is 0. The van der Waals surface area contributed by atoms with Crippen LogP contribution >= 0.6 is 0 Å². The van der Waals surface area contributed by atoms with E-state index in [2.05, 4.69) is 0 Å². The minimum absolute atomic E-state index is 0.119. The van der Waals surface area contributed by atoms with Crippen molar-refractivity contribution in [2.24, 2.45) is 0 Å². The zero-order valence-corrected chi connectivity index (χ0v) is 12.4. The first-order valence-electron chi connectivity index (χ1n) is 5.89. The Bertz CT molecular complexity index is 609. The lowest BCUT2D eigenvalue weighted by Gasteiger charge is -2.24. The van der Waals surface area contributed by atoms with Crippen LogP contribution in [0.4, 0.5) is 0 Å². The molecule has 0 aliphatic carbocycles. The molecule has 1 aromatic rings. The van der Waals surface area contributed by atoms with E-state index >= 15 is 0 Å². The van der Waals surface area contributed by atoms with Crippen molar-refractivity contribution < 1.29 is 26.1 Å². The van der Waals surface area contributed by atoms with Crippen LogP contribution in [0.3, 0.4) is 0 Å². The summed E-state index contributed by atoms with van der Waals surface area (Å²) in [6.45, 7) is 3.44. The fourth-order valence-corrected chi connectivity index (χ4v) is 3.30. The third-order valence-corrected chi connectivity index (χ3v) is 4.90. The van der Waals surface area contributed by atoms with Crippen LogP contribution in [-0.4, -0.2) is 47.8 Å². The minimum atomic E-state index is -4.33. The molecule has 1 N–H and O–H groups in total. The Kier molecular flexibility index (Phi) is 4.76. The fraction of sp³-hybridized carbons (Fsp3) is 0.455. The summed E-state index contributed by atoms with van der Waals surface area (Å²) in [5, 5.41) is 0. The highest BCUT2D eigenvalue weighted by Crippen LogP contribution is 2.22. The van der Waals surface area contributed by atoms with E-state index in [9.17, 15) is 12.6 Å². The van der Waals surface area contributed by atoms with E-state index in [1.807, 2.05) is 0 Å². The average Bonchev–Trinajstić information content (AvgIpc) is 2.40.